The van der Waals surface area contributed by atoms with Gasteiger partial charge in [0.2, 0.25) is 5.91 Å². The maximum absolute atomic E-state index is 12.9. The van der Waals surface area contributed by atoms with E-state index in [-0.39, 0.29) is 11.8 Å². The summed E-state index contributed by atoms with van der Waals surface area (Å²) in [4.78, 5) is 21.8. The Balaban J connectivity index is 1.48. The van der Waals surface area contributed by atoms with E-state index in [0.29, 0.717) is 43.5 Å². The van der Waals surface area contributed by atoms with Gasteiger partial charge in [-0.15, -0.1) is 0 Å². The molecule has 2 fully saturated rings. The van der Waals surface area contributed by atoms with Gasteiger partial charge in [0.25, 0.3) is 0 Å². The van der Waals surface area contributed by atoms with Crippen LogP contribution in [0.3, 0.4) is 0 Å². The number of pyridine rings is 1. The van der Waals surface area contributed by atoms with E-state index < -0.39 is 0 Å². The number of methoxy groups -OCH3 is 1. The van der Waals surface area contributed by atoms with E-state index >= 15 is 0 Å². The molecule has 1 saturated heterocycles. The fraction of sp³-hybridized carbons (Fsp3) is 0.522. The molecule has 152 valence electrons. The number of carbonyl (C=O) groups is 1. The average Bonchev–Trinajstić information content (AvgIpc) is 3.31. The van der Waals surface area contributed by atoms with Gasteiger partial charge in [-0.3, -0.25) is 4.79 Å². The minimum Gasteiger partial charge on any atom is -0.497 e. The Morgan fingerprint density at radius 1 is 1.21 bits per heavy atom. The fourth-order valence-electron chi connectivity index (χ4n) is 4.68. The van der Waals surface area contributed by atoms with Crippen LogP contribution in [0.1, 0.15) is 38.2 Å². The number of rotatable bonds is 4. The van der Waals surface area contributed by atoms with Gasteiger partial charge in [-0.2, -0.15) is 5.26 Å². The summed E-state index contributed by atoms with van der Waals surface area (Å²) in [7, 11) is 1.63. The van der Waals surface area contributed by atoms with Crippen molar-refractivity contribution in [3.63, 3.8) is 0 Å². The second kappa shape index (κ2) is 8.28. The molecule has 6 nitrogen and oxygen atoms in total. The number of carbonyl (C=O) groups excluding carboxylic acids is 1. The minimum atomic E-state index is 0.118. The van der Waals surface area contributed by atoms with Gasteiger partial charge in [0.15, 0.2) is 0 Å². The Labute approximate surface area is 172 Å². The van der Waals surface area contributed by atoms with Crippen molar-refractivity contribution in [2.45, 2.75) is 32.6 Å². The van der Waals surface area contributed by atoms with Crippen molar-refractivity contribution >= 4 is 22.6 Å². The third kappa shape index (κ3) is 3.87. The van der Waals surface area contributed by atoms with Gasteiger partial charge in [-0.25, -0.2) is 4.98 Å². The first-order valence-corrected chi connectivity index (χ1v) is 10.5. The first-order valence-electron chi connectivity index (χ1n) is 10.5. The van der Waals surface area contributed by atoms with Gasteiger partial charge >= 0.3 is 0 Å². The predicted molar refractivity (Wildman–Crippen MR) is 113 cm³/mol. The summed E-state index contributed by atoms with van der Waals surface area (Å²) in [5, 5.41) is 10.5. The number of nitriles is 1. The zero-order valence-electron chi connectivity index (χ0n) is 17.2. The molecule has 6 heteroatoms. The van der Waals surface area contributed by atoms with Crippen LogP contribution in [0.25, 0.3) is 10.9 Å². The maximum atomic E-state index is 12.9. The van der Waals surface area contributed by atoms with E-state index in [2.05, 4.69) is 17.9 Å². The summed E-state index contributed by atoms with van der Waals surface area (Å²) in [6.07, 6.45) is 4.88. The van der Waals surface area contributed by atoms with Crippen molar-refractivity contribution < 1.29 is 9.53 Å². The molecule has 1 aromatic carbocycles. The number of hydrogen-bond acceptors (Lipinski definition) is 5. The van der Waals surface area contributed by atoms with Crippen LogP contribution in [0.15, 0.2) is 24.3 Å². The lowest BCUT2D eigenvalue weighted by Crippen LogP contribution is -2.51. The van der Waals surface area contributed by atoms with E-state index in [0.717, 1.165) is 16.7 Å². The third-order valence-corrected chi connectivity index (χ3v) is 6.51. The number of hydrogen-bond donors (Lipinski definition) is 0. The molecule has 29 heavy (non-hydrogen) atoms. The van der Waals surface area contributed by atoms with Crippen molar-refractivity contribution in [1.82, 2.24) is 9.88 Å². The number of benzene rings is 1. The zero-order valence-corrected chi connectivity index (χ0v) is 17.2. The van der Waals surface area contributed by atoms with Crippen molar-refractivity contribution in [2.24, 2.45) is 11.8 Å². The number of piperazine rings is 1. The number of nitrogens with zero attached hydrogens (tertiary/aromatic N) is 4. The molecule has 1 atom stereocenters. The molecule has 1 aliphatic heterocycles. The lowest BCUT2D eigenvalue weighted by atomic mass is 9.91. The molecule has 2 aromatic rings. The number of anilines is 1. The highest BCUT2D eigenvalue weighted by Gasteiger charge is 2.32. The van der Waals surface area contributed by atoms with Gasteiger partial charge in [0.05, 0.1) is 18.2 Å². The Morgan fingerprint density at radius 3 is 2.59 bits per heavy atom. The molecular weight excluding hydrogens is 364 g/mol. The molecule has 2 heterocycles. The fourth-order valence-corrected chi connectivity index (χ4v) is 4.68. The van der Waals surface area contributed by atoms with Gasteiger partial charge in [-0.05, 0) is 43.0 Å². The first-order chi connectivity index (χ1) is 14.1. The Kier molecular flexibility index (Phi) is 5.57. The first kappa shape index (κ1) is 19.5. The quantitative estimate of drug-likeness (QED) is 0.795. The highest BCUT2D eigenvalue weighted by molar-refractivity contribution is 5.84. The van der Waals surface area contributed by atoms with E-state index in [4.69, 9.17) is 9.72 Å². The Hall–Kier alpha value is -2.81. The van der Waals surface area contributed by atoms with E-state index in [1.165, 1.54) is 25.7 Å². The number of fused-ring (bicyclic) bond motifs is 1. The van der Waals surface area contributed by atoms with Gasteiger partial charge in [0, 0.05) is 37.5 Å². The van der Waals surface area contributed by atoms with Crippen LogP contribution in [0.4, 0.5) is 5.82 Å². The van der Waals surface area contributed by atoms with Gasteiger partial charge < -0.3 is 14.5 Å². The van der Waals surface area contributed by atoms with Crippen LogP contribution in [0.5, 0.6) is 5.75 Å². The minimum absolute atomic E-state index is 0.118. The Bertz CT molecular complexity index is 938. The molecule has 0 radical (unpaired) electrons. The largest absolute Gasteiger partial charge is 0.497 e. The number of amides is 1. The van der Waals surface area contributed by atoms with E-state index in [9.17, 15) is 10.1 Å². The summed E-state index contributed by atoms with van der Waals surface area (Å²) in [6.45, 7) is 4.86. The smallest absolute Gasteiger partial charge is 0.225 e. The summed E-state index contributed by atoms with van der Waals surface area (Å²) < 4.78 is 5.27. The number of ether oxygens (including phenoxy) is 1. The molecule has 1 saturated carbocycles. The second-order valence-corrected chi connectivity index (χ2v) is 8.18. The molecule has 2 aliphatic rings. The molecule has 0 bridgehead atoms. The summed E-state index contributed by atoms with van der Waals surface area (Å²) >= 11 is 0. The van der Waals surface area contributed by atoms with Crippen LogP contribution < -0.4 is 9.64 Å². The summed E-state index contributed by atoms with van der Waals surface area (Å²) in [5.41, 5.74) is 1.40. The van der Waals surface area contributed by atoms with Crippen molar-refractivity contribution in [3.05, 3.63) is 29.8 Å². The lowest BCUT2D eigenvalue weighted by molar-refractivity contribution is -0.137. The van der Waals surface area contributed by atoms with Gasteiger partial charge in [0.1, 0.15) is 17.6 Å². The van der Waals surface area contributed by atoms with Crippen LogP contribution in [0.2, 0.25) is 0 Å². The lowest BCUT2D eigenvalue weighted by Gasteiger charge is -2.37. The van der Waals surface area contributed by atoms with Crippen molar-refractivity contribution in [2.75, 3.05) is 38.2 Å². The molecule has 0 N–H and O–H groups in total. The highest BCUT2D eigenvalue weighted by Crippen LogP contribution is 2.33. The van der Waals surface area contributed by atoms with Crippen LogP contribution >= 0.6 is 0 Å². The molecular formula is C23H28N4O2. The maximum Gasteiger partial charge on any atom is 0.225 e. The van der Waals surface area contributed by atoms with Crippen molar-refractivity contribution in [3.8, 4) is 11.8 Å². The van der Waals surface area contributed by atoms with Crippen LogP contribution in [0, 0.1) is 23.2 Å². The summed E-state index contributed by atoms with van der Waals surface area (Å²) in [5.74, 6) is 2.41. The molecule has 4 rings (SSSR count). The monoisotopic (exact) mass is 392 g/mol. The van der Waals surface area contributed by atoms with Crippen LogP contribution in [-0.4, -0.2) is 49.1 Å². The normalized spacial score (nSPS) is 18.7. The SMILES string of the molecule is COc1ccc2nc(N3CCN(C(=O)C(C)C4CCCC4)CC3)c(C#N)cc2c1. The topological polar surface area (TPSA) is 69.5 Å². The van der Waals surface area contributed by atoms with Gasteiger partial charge in [-0.1, -0.05) is 19.8 Å². The average molecular weight is 393 g/mol. The van der Waals surface area contributed by atoms with E-state index in [1.807, 2.05) is 29.2 Å². The predicted octanol–water partition coefficient (Wildman–Crippen LogP) is 3.59. The molecule has 1 aromatic heterocycles. The van der Waals surface area contributed by atoms with E-state index in [1.54, 1.807) is 7.11 Å². The summed E-state index contributed by atoms with van der Waals surface area (Å²) in [6, 6.07) is 9.86. The standard InChI is InChI=1S/C23H28N4O2/c1-16(17-5-3-4-6-17)23(28)27-11-9-26(10-12-27)22-19(15-24)13-18-14-20(29-2)7-8-21(18)25-22/h7-8,13-14,16-17H,3-6,9-12H2,1-2H3. The van der Waals surface area contributed by atoms with Crippen LogP contribution in [-0.2, 0) is 4.79 Å². The second-order valence-electron chi connectivity index (χ2n) is 8.18. The molecule has 1 aliphatic carbocycles. The van der Waals surface area contributed by atoms with Crippen molar-refractivity contribution in [1.29, 1.82) is 5.26 Å². The highest BCUT2D eigenvalue weighted by atomic mass is 16.5. The number of aromatic nitrogens is 1. The molecule has 0 spiro atoms. The molecule has 1 amide bonds. The molecule has 1 unspecified atom stereocenters. The Morgan fingerprint density at radius 2 is 1.93 bits per heavy atom. The third-order valence-electron chi connectivity index (χ3n) is 6.51. The zero-order chi connectivity index (χ0) is 20.4.